The molecule has 1 aromatic rings. The Kier molecular flexibility index (Phi) is 3.66. The quantitative estimate of drug-likeness (QED) is 0.854. The van der Waals surface area contributed by atoms with Gasteiger partial charge in [0.1, 0.15) is 0 Å². The molecule has 1 aliphatic carbocycles. The maximum absolute atomic E-state index is 6.21. The molecule has 0 saturated heterocycles. The van der Waals surface area contributed by atoms with Gasteiger partial charge in [0.25, 0.3) is 0 Å². The maximum Gasteiger partial charge on any atom is 0.226 e. The topological polar surface area (TPSA) is 47.0 Å². The molecule has 0 aliphatic heterocycles. The fourth-order valence-corrected chi connectivity index (χ4v) is 2.43. The number of hydrogen-bond acceptors (Lipinski definition) is 4. The van der Waals surface area contributed by atoms with Gasteiger partial charge in [-0.3, -0.25) is 0 Å². The molecule has 0 spiro atoms. The van der Waals surface area contributed by atoms with E-state index in [9.17, 15) is 0 Å². The van der Waals surface area contributed by atoms with Gasteiger partial charge in [-0.05, 0) is 20.3 Å². The van der Waals surface area contributed by atoms with Crippen molar-refractivity contribution in [3.05, 3.63) is 11.8 Å². The molecule has 1 heterocycles. The molecule has 1 fully saturated rings. The standard InChI is InChI=1S/C13H20ClN3O/c1-5-18-11-6-8(2)15-12(17-11)16-10-7-9(14)13(10,3)4/h6,9-10H,5,7H2,1-4H3,(H,15,16,17). The molecular formula is C13H20ClN3O. The predicted octanol–water partition coefficient (Wildman–Crippen LogP) is 3.00. The van der Waals surface area contributed by atoms with Crippen LogP contribution in [0, 0.1) is 12.3 Å². The molecule has 0 aromatic carbocycles. The van der Waals surface area contributed by atoms with Crippen molar-refractivity contribution < 1.29 is 4.74 Å². The van der Waals surface area contributed by atoms with E-state index in [0.29, 0.717) is 24.5 Å². The van der Waals surface area contributed by atoms with Crippen LogP contribution in [0.25, 0.3) is 0 Å². The van der Waals surface area contributed by atoms with Crippen molar-refractivity contribution in [1.82, 2.24) is 9.97 Å². The number of rotatable bonds is 4. The first kappa shape index (κ1) is 13.4. The number of anilines is 1. The molecule has 4 nitrogen and oxygen atoms in total. The molecule has 0 radical (unpaired) electrons. The van der Waals surface area contributed by atoms with E-state index in [-0.39, 0.29) is 10.8 Å². The SMILES string of the molecule is CCOc1cc(C)nc(NC2CC(Cl)C2(C)C)n1. The van der Waals surface area contributed by atoms with Crippen LogP contribution in [0.3, 0.4) is 0 Å². The minimum atomic E-state index is 0.0699. The molecule has 1 saturated carbocycles. The Morgan fingerprint density at radius 1 is 1.50 bits per heavy atom. The molecular weight excluding hydrogens is 250 g/mol. The summed E-state index contributed by atoms with van der Waals surface area (Å²) in [5.41, 5.74) is 0.968. The van der Waals surface area contributed by atoms with Gasteiger partial charge >= 0.3 is 0 Å². The third-order valence-corrected chi connectivity index (χ3v) is 4.31. The summed E-state index contributed by atoms with van der Waals surface area (Å²) in [5, 5.41) is 3.57. The number of aryl methyl sites for hydroxylation is 1. The molecule has 1 N–H and O–H groups in total. The second-order valence-electron chi connectivity index (χ2n) is 5.33. The Hall–Kier alpha value is -1.03. The fourth-order valence-electron chi connectivity index (χ4n) is 2.10. The lowest BCUT2D eigenvalue weighted by atomic mass is 9.67. The average Bonchev–Trinajstić information content (AvgIpc) is 2.28. The molecule has 2 unspecified atom stereocenters. The zero-order valence-electron chi connectivity index (χ0n) is 11.3. The third kappa shape index (κ3) is 2.53. The van der Waals surface area contributed by atoms with Crippen LogP contribution in [0.5, 0.6) is 5.88 Å². The van der Waals surface area contributed by atoms with Crippen molar-refractivity contribution >= 4 is 17.5 Å². The van der Waals surface area contributed by atoms with E-state index in [1.165, 1.54) is 0 Å². The van der Waals surface area contributed by atoms with Gasteiger partial charge < -0.3 is 10.1 Å². The molecule has 2 atom stereocenters. The summed E-state index contributed by atoms with van der Waals surface area (Å²) in [6.45, 7) is 8.80. The van der Waals surface area contributed by atoms with Gasteiger partial charge in [-0.25, -0.2) is 4.98 Å². The normalized spacial score (nSPS) is 25.4. The highest BCUT2D eigenvalue weighted by molar-refractivity contribution is 6.21. The lowest BCUT2D eigenvalue weighted by Gasteiger charge is -2.49. The van der Waals surface area contributed by atoms with Gasteiger partial charge in [-0.2, -0.15) is 4.98 Å². The van der Waals surface area contributed by atoms with Crippen LogP contribution in [0.15, 0.2) is 6.07 Å². The Morgan fingerprint density at radius 2 is 2.22 bits per heavy atom. The number of ether oxygens (including phenoxy) is 1. The number of alkyl halides is 1. The Balaban J connectivity index is 2.10. The molecule has 0 bridgehead atoms. The smallest absolute Gasteiger partial charge is 0.226 e. The summed E-state index contributed by atoms with van der Waals surface area (Å²) >= 11 is 6.21. The van der Waals surface area contributed by atoms with E-state index in [1.807, 2.05) is 19.9 Å². The van der Waals surface area contributed by atoms with Gasteiger partial charge in [-0.15, -0.1) is 11.6 Å². The van der Waals surface area contributed by atoms with E-state index in [2.05, 4.69) is 29.1 Å². The van der Waals surface area contributed by atoms with Crippen molar-refractivity contribution in [2.75, 3.05) is 11.9 Å². The Bertz CT molecular complexity index is 436. The van der Waals surface area contributed by atoms with Crippen molar-refractivity contribution in [2.24, 2.45) is 5.41 Å². The van der Waals surface area contributed by atoms with E-state index < -0.39 is 0 Å². The second kappa shape index (κ2) is 4.92. The summed E-state index contributed by atoms with van der Waals surface area (Å²) in [6, 6.07) is 2.15. The largest absolute Gasteiger partial charge is 0.478 e. The molecule has 5 heteroatoms. The highest BCUT2D eigenvalue weighted by Crippen LogP contribution is 2.45. The van der Waals surface area contributed by atoms with E-state index in [0.717, 1.165) is 12.1 Å². The van der Waals surface area contributed by atoms with Crippen molar-refractivity contribution in [1.29, 1.82) is 0 Å². The second-order valence-corrected chi connectivity index (χ2v) is 5.85. The van der Waals surface area contributed by atoms with Gasteiger partial charge in [-0.1, -0.05) is 13.8 Å². The molecule has 1 aromatic heterocycles. The molecule has 0 amide bonds. The number of nitrogens with zero attached hydrogens (tertiary/aromatic N) is 2. The Morgan fingerprint density at radius 3 is 2.78 bits per heavy atom. The van der Waals surface area contributed by atoms with E-state index in [1.54, 1.807) is 0 Å². The monoisotopic (exact) mass is 269 g/mol. The minimum absolute atomic E-state index is 0.0699. The Labute approximate surface area is 113 Å². The number of hydrogen-bond donors (Lipinski definition) is 1. The summed E-state index contributed by atoms with van der Waals surface area (Å²) < 4.78 is 5.42. The maximum atomic E-state index is 6.21. The summed E-state index contributed by atoms with van der Waals surface area (Å²) in [5.74, 6) is 1.24. The highest BCUT2D eigenvalue weighted by atomic mass is 35.5. The molecule has 18 heavy (non-hydrogen) atoms. The number of halogens is 1. The molecule has 100 valence electrons. The number of aromatic nitrogens is 2. The van der Waals surface area contributed by atoms with Crippen LogP contribution < -0.4 is 10.1 Å². The first-order valence-corrected chi connectivity index (χ1v) is 6.76. The highest BCUT2D eigenvalue weighted by Gasteiger charge is 2.47. The van der Waals surface area contributed by atoms with Gasteiger partial charge in [0.15, 0.2) is 0 Å². The van der Waals surface area contributed by atoms with E-state index in [4.69, 9.17) is 16.3 Å². The molecule has 1 aliphatic rings. The van der Waals surface area contributed by atoms with Crippen LogP contribution >= 0.6 is 11.6 Å². The van der Waals surface area contributed by atoms with Crippen molar-refractivity contribution in [2.45, 2.75) is 45.5 Å². The van der Waals surface area contributed by atoms with Gasteiger partial charge in [0, 0.05) is 28.6 Å². The van der Waals surface area contributed by atoms with Crippen molar-refractivity contribution in [3.8, 4) is 5.88 Å². The van der Waals surface area contributed by atoms with Crippen LogP contribution in [0.4, 0.5) is 5.95 Å². The average molecular weight is 270 g/mol. The fraction of sp³-hybridized carbons (Fsp3) is 0.692. The van der Waals surface area contributed by atoms with Crippen LogP contribution in [0.1, 0.15) is 32.9 Å². The van der Waals surface area contributed by atoms with Gasteiger partial charge in [0.05, 0.1) is 6.61 Å². The third-order valence-electron chi connectivity index (χ3n) is 3.57. The zero-order chi connectivity index (χ0) is 13.3. The van der Waals surface area contributed by atoms with Crippen LogP contribution in [-0.2, 0) is 0 Å². The first-order chi connectivity index (χ1) is 8.43. The van der Waals surface area contributed by atoms with Crippen LogP contribution in [-0.4, -0.2) is 28.0 Å². The zero-order valence-corrected chi connectivity index (χ0v) is 12.1. The summed E-state index contributed by atoms with van der Waals surface area (Å²) in [6.07, 6.45) is 0.940. The van der Waals surface area contributed by atoms with Crippen molar-refractivity contribution in [3.63, 3.8) is 0 Å². The minimum Gasteiger partial charge on any atom is -0.478 e. The lowest BCUT2D eigenvalue weighted by Crippen LogP contribution is -2.54. The van der Waals surface area contributed by atoms with Gasteiger partial charge in [0.2, 0.25) is 11.8 Å². The summed E-state index contributed by atoms with van der Waals surface area (Å²) in [4.78, 5) is 8.73. The summed E-state index contributed by atoms with van der Waals surface area (Å²) in [7, 11) is 0. The van der Waals surface area contributed by atoms with E-state index >= 15 is 0 Å². The lowest BCUT2D eigenvalue weighted by molar-refractivity contribution is 0.167. The predicted molar refractivity (Wildman–Crippen MR) is 73.4 cm³/mol. The first-order valence-electron chi connectivity index (χ1n) is 6.32. The van der Waals surface area contributed by atoms with Crippen LogP contribution in [0.2, 0.25) is 0 Å². The molecule has 2 rings (SSSR count). The number of nitrogens with one attached hydrogen (secondary N) is 1.